The normalized spacial score (nSPS) is 9.74. The molecule has 0 saturated carbocycles. The first-order chi connectivity index (χ1) is 10.8. The van der Waals surface area contributed by atoms with E-state index in [0.29, 0.717) is 11.3 Å². The molecule has 0 unspecified atom stereocenters. The van der Waals surface area contributed by atoms with E-state index in [1.165, 1.54) is 0 Å². The van der Waals surface area contributed by atoms with Crippen molar-refractivity contribution in [2.45, 2.75) is 19.3 Å². The third-order valence-electron chi connectivity index (χ3n) is 2.22. The molecule has 0 radical (unpaired) electrons. The van der Waals surface area contributed by atoms with Crippen LogP contribution in [0.25, 0.3) is 0 Å². The van der Waals surface area contributed by atoms with Crippen LogP contribution < -0.4 is 21.7 Å². The van der Waals surface area contributed by atoms with E-state index < -0.39 is 28.8 Å². The van der Waals surface area contributed by atoms with Gasteiger partial charge in [0.05, 0.1) is 4.92 Å². The van der Waals surface area contributed by atoms with Crippen molar-refractivity contribution in [2.24, 2.45) is 5.73 Å². The number of carbonyl (C=O) groups excluding carboxylic acids is 4. The SMILES string of the molecule is NC(=O)NC(=O)NC(=O)CCCC(=O)Nc1ncc([N+](=O)[O-])s1. The molecule has 0 aliphatic rings. The van der Waals surface area contributed by atoms with Crippen molar-refractivity contribution in [2.75, 3.05) is 5.32 Å². The molecule has 12 nitrogen and oxygen atoms in total. The first kappa shape index (κ1) is 18.0. The number of urea groups is 2. The van der Waals surface area contributed by atoms with Crippen LogP contribution in [0.1, 0.15) is 19.3 Å². The van der Waals surface area contributed by atoms with E-state index in [9.17, 15) is 29.3 Å². The Hall–Kier alpha value is -3.09. The minimum absolute atomic E-state index is 0.0573. The van der Waals surface area contributed by atoms with E-state index in [4.69, 9.17) is 0 Å². The van der Waals surface area contributed by atoms with Crippen molar-refractivity contribution < 1.29 is 24.1 Å². The van der Waals surface area contributed by atoms with E-state index in [1.807, 2.05) is 5.32 Å². The number of amides is 6. The highest BCUT2D eigenvalue weighted by atomic mass is 32.1. The molecule has 124 valence electrons. The maximum absolute atomic E-state index is 11.6. The first-order valence-electron chi connectivity index (χ1n) is 6.08. The maximum atomic E-state index is 11.6. The summed E-state index contributed by atoms with van der Waals surface area (Å²) in [6.45, 7) is 0. The zero-order valence-corrected chi connectivity index (χ0v) is 12.3. The number of hydrogen-bond donors (Lipinski definition) is 4. The van der Waals surface area contributed by atoms with Crippen molar-refractivity contribution in [3.8, 4) is 0 Å². The molecule has 1 rings (SSSR count). The van der Waals surface area contributed by atoms with E-state index in [-0.39, 0.29) is 29.4 Å². The number of nitrogens with two attached hydrogens (primary N) is 1. The molecular formula is C10H12N6O6S. The van der Waals surface area contributed by atoms with Gasteiger partial charge in [0, 0.05) is 12.8 Å². The van der Waals surface area contributed by atoms with Crippen LogP contribution in [0.3, 0.4) is 0 Å². The van der Waals surface area contributed by atoms with E-state index >= 15 is 0 Å². The van der Waals surface area contributed by atoms with Crippen molar-refractivity contribution in [3.63, 3.8) is 0 Å². The number of imide groups is 2. The molecule has 1 aromatic rings. The lowest BCUT2D eigenvalue weighted by molar-refractivity contribution is -0.380. The molecule has 6 amide bonds. The lowest BCUT2D eigenvalue weighted by Gasteiger charge is -2.04. The van der Waals surface area contributed by atoms with Crippen LogP contribution >= 0.6 is 11.3 Å². The van der Waals surface area contributed by atoms with Crippen LogP contribution in [-0.4, -0.2) is 33.8 Å². The standard InChI is InChI=1S/C10H12N6O6S/c11-8(19)15-9(20)13-5(17)2-1-3-6(18)14-10-12-4-7(23-10)16(21)22/h4H,1-3H2,(H,12,14,18)(H4,11,13,15,17,19,20). The molecule has 23 heavy (non-hydrogen) atoms. The van der Waals surface area contributed by atoms with Crippen LogP contribution in [0.15, 0.2) is 6.20 Å². The second-order valence-electron chi connectivity index (χ2n) is 4.03. The molecule has 0 aliphatic carbocycles. The Labute approximate surface area is 132 Å². The van der Waals surface area contributed by atoms with Gasteiger partial charge >= 0.3 is 17.1 Å². The largest absolute Gasteiger partial charge is 0.351 e. The Kier molecular flexibility index (Phi) is 6.54. The summed E-state index contributed by atoms with van der Waals surface area (Å²) in [5.74, 6) is -1.18. The minimum atomic E-state index is -1.10. The Balaban J connectivity index is 2.28. The fraction of sp³-hybridized carbons (Fsp3) is 0.300. The number of hydrogen-bond acceptors (Lipinski definition) is 8. The summed E-state index contributed by atoms with van der Waals surface area (Å²) in [7, 11) is 0. The van der Waals surface area contributed by atoms with Crippen LogP contribution in [-0.2, 0) is 9.59 Å². The molecule has 5 N–H and O–H groups in total. The molecule has 0 spiro atoms. The fourth-order valence-corrected chi connectivity index (χ4v) is 1.98. The zero-order valence-electron chi connectivity index (χ0n) is 11.5. The van der Waals surface area contributed by atoms with Crippen molar-refractivity contribution in [3.05, 3.63) is 16.3 Å². The summed E-state index contributed by atoms with van der Waals surface area (Å²) in [5.41, 5.74) is 4.68. The van der Waals surface area contributed by atoms with Gasteiger partial charge in [0.2, 0.25) is 11.8 Å². The lowest BCUT2D eigenvalue weighted by atomic mass is 10.2. The molecule has 0 fully saturated rings. The number of aromatic nitrogens is 1. The Morgan fingerprint density at radius 3 is 2.43 bits per heavy atom. The quantitative estimate of drug-likeness (QED) is 0.415. The van der Waals surface area contributed by atoms with Crippen molar-refractivity contribution in [1.82, 2.24) is 15.6 Å². The summed E-state index contributed by atoms with van der Waals surface area (Å²) >= 11 is 0.705. The zero-order chi connectivity index (χ0) is 17.4. The monoisotopic (exact) mass is 344 g/mol. The molecule has 0 aliphatic heterocycles. The van der Waals surface area contributed by atoms with Crippen molar-refractivity contribution in [1.29, 1.82) is 0 Å². The molecule has 0 saturated heterocycles. The van der Waals surface area contributed by atoms with Gasteiger partial charge in [0.1, 0.15) is 6.20 Å². The van der Waals surface area contributed by atoms with Gasteiger partial charge in [-0.3, -0.25) is 30.3 Å². The predicted octanol–water partition coefficient (Wildman–Crippen LogP) is 0.0646. The second kappa shape index (κ2) is 8.38. The van der Waals surface area contributed by atoms with Gasteiger partial charge in [-0.2, -0.15) is 0 Å². The van der Waals surface area contributed by atoms with E-state index in [0.717, 1.165) is 6.20 Å². The third kappa shape index (κ3) is 6.94. The van der Waals surface area contributed by atoms with Gasteiger partial charge in [-0.25, -0.2) is 14.6 Å². The Morgan fingerprint density at radius 2 is 1.87 bits per heavy atom. The van der Waals surface area contributed by atoms with E-state index in [1.54, 1.807) is 5.32 Å². The van der Waals surface area contributed by atoms with Gasteiger partial charge in [-0.05, 0) is 17.8 Å². The third-order valence-corrected chi connectivity index (χ3v) is 3.08. The number of anilines is 1. The number of nitrogens with zero attached hydrogens (tertiary/aromatic N) is 2. The highest BCUT2D eigenvalue weighted by Gasteiger charge is 2.14. The van der Waals surface area contributed by atoms with Crippen LogP contribution in [0.2, 0.25) is 0 Å². The number of carbonyl (C=O) groups is 4. The van der Waals surface area contributed by atoms with Gasteiger partial charge in [-0.15, -0.1) is 0 Å². The van der Waals surface area contributed by atoms with Gasteiger partial charge < -0.3 is 11.1 Å². The summed E-state index contributed by atoms with van der Waals surface area (Å²) in [4.78, 5) is 57.7. The Morgan fingerprint density at radius 1 is 1.22 bits per heavy atom. The fourth-order valence-electron chi connectivity index (χ4n) is 1.33. The number of thiazole rings is 1. The number of primary amides is 1. The number of rotatable bonds is 6. The van der Waals surface area contributed by atoms with E-state index in [2.05, 4.69) is 16.0 Å². The highest BCUT2D eigenvalue weighted by Crippen LogP contribution is 2.24. The highest BCUT2D eigenvalue weighted by molar-refractivity contribution is 7.18. The number of nitrogens with one attached hydrogen (secondary N) is 3. The van der Waals surface area contributed by atoms with Gasteiger partial charge in [0.25, 0.3) is 0 Å². The molecule has 0 atom stereocenters. The molecule has 1 aromatic heterocycles. The topological polar surface area (TPSA) is 186 Å². The Bertz CT molecular complexity index is 644. The van der Waals surface area contributed by atoms with Crippen LogP contribution in [0.5, 0.6) is 0 Å². The summed E-state index contributed by atoms with van der Waals surface area (Å²) in [5, 5.41) is 16.2. The summed E-state index contributed by atoms with van der Waals surface area (Å²) < 4.78 is 0. The lowest BCUT2D eigenvalue weighted by Crippen LogP contribution is -2.44. The van der Waals surface area contributed by atoms with Crippen LogP contribution in [0, 0.1) is 10.1 Å². The average Bonchev–Trinajstić information content (AvgIpc) is 2.85. The minimum Gasteiger partial charge on any atom is -0.351 e. The summed E-state index contributed by atoms with van der Waals surface area (Å²) in [6.07, 6.45) is 0.940. The maximum Gasteiger partial charge on any atom is 0.345 e. The first-order valence-corrected chi connectivity index (χ1v) is 6.90. The van der Waals surface area contributed by atoms with Gasteiger partial charge in [0.15, 0.2) is 5.13 Å². The van der Waals surface area contributed by atoms with Crippen LogP contribution in [0.4, 0.5) is 19.7 Å². The molecule has 0 bridgehead atoms. The smallest absolute Gasteiger partial charge is 0.345 e. The van der Waals surface area contributed by atoms with Gasteiger partial charge in [-0.1, -0.05) is 0 Å². The summed E-state index contributed by atoms with van der Waals surface area (Å²) in [6, 6.07) is -2.16. The predicted molar refractivity (Wildman–Crippen MR) is 77.5 cm³/mol. The number of nitro groups is 1. The molecule has 1 heterocycles. The van der Waals surface area contributed by atoms with Crippen molar-refractivity contribution >= 4 is 45.3 Å². The molecule has 13 heteroatoms. The average molecular weight is 344 g/mol. The molecule has 0 aromatic carbocycles. The molecular weight excluding hydrogens is 332 g/mol. The second-order valence-corrected chi connectivity index (χ2v) is 5.04.